The molecule has 1 N–H and O–H groups in total. The van der Waals surface area contributed by atoms with Crippen molar-refractivity contribution in [2.45, 2.75) is 50.5 Å². The molecule has 8 nitrogen and oxygen atoms in total. The Morgan fingerprint density at radius 2 is 1.79 bits per heavy atom. The van der Waals surface area contributed by atoms with E-state index in [4.69, 9.17) is 4.74 Å². The molecule has 3 aromatic rings. The van der Waals surface area contributed by atoms with E-state index in [-0.39, 0.29) is 36.1 Å². The number of amides is 1. The minimum absolute atomic E-state index is 0.137. The normalized spacial score (nSPS) is 20.4. The van der Waals surface area contributed by atoms with Crippen LogP contribution in [0.1, 0.15) is 45.8 Å². The van der Waals surface area contributed by atoms with Crippen molar-refractivity contribution in [1.82, 2.24) is 9.21 Å². The first-order valence-corrected chi connectivity index (χ1v) is 14.9. The van der Waals surface area contributed by atoms with Crippen molar-refractivity contribution >= 4 is 32.3 Å². The number of morpholine rings is 1. The van der Waals surface area contributed by atoms with Crippen LogP contribution in [0.4, 0.5) is 5.00 Å². The van der Waals surface area contributed by atoms with Crippen molar-refractivity contribution in [3.8, 4) is 6.07 Å². The van der Waals surface area contributed by atoms with Crippen molar-refractivity contribution in [3.63, 3.8) is 0 Å². The summed E-state index contributed by atoms with van der Waals surface area (Å²) >= 11 is 1.44. The van der Waals surface area contributed by atoms with Gasteiger partial charge in [0.1, 0.15) is 11.1 Å². The number of nitrogens with zero attached hydrogens (tertiary/aromatic N) is 3. The van der Waals surface area contributed by atoms with Gasteiger partial charge in [-0.25, -0.2) is 8.42 Å². The third kappa shape index (κ3) is 5.53. The number of sulfonamides is 1. The fourth-order valence-corrected chi connectivity index (χ4v) is 7.89. The van der Waals surface area contributed by atoms with Crippen LogP contribution in [0.25, 0.3) is 0 Å². The van der Waals surface area contributed by atoms with Gasteiger partial charge in [-0.1, -0.05) is 30.3 Å². The van der Waals surface area contributed by atoms with E-state index in [1.54, 1.807) is 0 Å². The van der Waals surface area contributed by atoms with Gasteiger partial charge in [0.05, 0.1) is 22.7 Å². The number of nitriles is 1. The van der Waals surface area contributed by atoms with Crippen LogP contribution in [0, 0.1) is 11.3 Å². The predicted molar refractivity (Wildman–Crippen MR) is 146 cm³/mol. The van der Waals surface area contributed by atoms with E-state index < -0.39 is 10.0 Å². The van der Waals surface area contributed by atoms with Crippen molar-refractivity contribution in [2.24, 2.45) is 0 Å². The molecule has 10 heteroatoms. The van der Waals surface area contributed by atoms with Gasteiger partial charge < -0.3 is 10.1 Å². The average molecular weight is 551 g/mol. The fraction of sp³-hybridized carbons (Fsp3) is 0.357. The smallest absolute Gasteiger partial charge is 0.256 e. The zero-order chi connectivity index (χ0) is 26.9. The Kier molecular flexibility index (Phi) is 7.66. The second-order valence-electron chi connectivity index (χ2n) is 9.82. The van der Waals surface area contributed by atoms with Crippen molar-refractivity contribution in [1.29, 1.82) is 5.26 Å². The average Bonchev–Trinajstić information content (AvgIpc) is 3.24. The maximum absolute atomic E-state index is 13.1. The first kappa shape index (κ1) is 26.5. The lowest BCUT2D eigenvalue weighted by Gasteiger charge is -2.34. The molecule has 5 rings (SSSR count). The molecule has 198 valence electrons. The largest absolute Gasteiger partial charge is 0.373 e. The van der Waals surface area contributed by atoms with E-state index in [9.17, 15) is 18.5 Å². The van der Waals surface area contributed by atoms with Gasteiger partial charge in [-0.3, -0.25) is 9.69 Å². The van der Waals surface area contributed by atoms with Crippen LogP contribution in [-0.4, -0.2) is 55.4 Å². The van der Waals surface area contributed by atoms with Gasteiger partial charge in [0, 0.05) is 43.2 Å². The van der Waals surface area contributed by atoms with Gasteiger partial charge in [0.2, 0.25) is 10.0 Å². The lowest BCUT2D eigenvalue weighted by Crippen LogP contribution is -2.48. The minimum atomic E-state index is -3.69. The molecular weight excluding hydrogens is 520 g/mol. The topological polar surface area (TPSA) is 103 Å². The summed E-state index contributed by atoms with van der Waals surface area (Å²) < 4.78 is 33.3. The highest BCUT2D eigenvalue weighted by Gasteiger charge is 2.32. The molecule has 2 aromatic carbocycles. The summed E-state index contributed by atoms with van der Waals surface area (Å²) in [5.41, 5.74) is 3.10. The monoisotopic (exact) mass is 550 g/mol. The number of rotatable bonds is 6. The molecule has 1 amide bonds. The second-order valence-corrected chi connectivity index (χ2v) is 12.9. The molecule has 0 saturated carbocycles. The Morgan fingerprint density at radius 1 is 1.11 bits per heavy atom. The standard InChI is InChI=1S/C28H30N4O4S2/c1-19-15-32(16-20(2)36-19)38(34,35)23-10-8-22(9-11-23)27(33)30-28-25(14-29)24-12-13-31(18-26(24)37-28)17-21-6-4-3-5-7-21/h3-11,19-20H,12-13,15-18H2,1-2H3,(H,30,33)/t19-,20-/m1/s1. The maximum Gasteiger partial charge on any atom is 0.256 e. The third-order valence-electron chi connectivity index (χ3n) is 6.86. The molecule has 1 saturated heterocycles. The number of ether oxygens (including phenoxy) is 1. The summed E-state index contributed by atoms with van der Waals surface area (Å²) in [5, 5.41) is 13.3. The van der Waals surface area contributed by atoms with E-state index >= 15 is 0 Å². The molecule has 38 heavy (non-hydrogen) atoms. The van der Waals surface area contributed by atoms with Crippen LogP contribution < -0.4 is 5.32 Å². The number of fused-ring (bicyclic) bond motifs is 1. The number of carbonyl (C=O) groups excluding carboxylic acids is 1. The Hall–Kier alpha value is -3.07. The fourth-order valence-electron chi connectivity index (χ4n) is 5.07. The third-order valence-corrected chi connectivity index (χ3v) is 9.84. The molecule has 0 radical (unpaired) electrons. The Labute approximate surface area is 227 Å². The van der Waals surface area contributed by atoms with Crippen LogP contribution in [-0.2, 0) is 34.3 Å². The van der Waals surface area contributed by atoms with Crippen molar-refractivity contribution < 1.29 is 17.9 Å². The van der Waals surface area contributed by atoms with Crippen LogP contribution >= 0.6 is 11.3 Å². The van der Waals surface area contributed by atoms with Crippen LogP contribution in [0.3, 0.4) is 0 Å². The number of carbonyl (C=O) groups is 1. The number of hydrogen-bond acceptors (Lipinski definition) is 7. The molecule has 3 heterocycles. The Morgan fingerprint density at radius 3 is 2.45 bits per heavy atom. The van der Waals surface area contributed by atoms with Crippen molar-refractivity contribution in [2.75, 3.05) is 25.0 Å². The predicted octanol–water partition coefficient (Wildman–Crippen LogP) is 4.23. The van der Waals surface area contributed by atoms with E-state index in [1.165, 1.54) is 45.5 Å². The Balaban J connectivity index is 1.29. The first-order valence-electron chi connectivity index (χ1n) is 12.6. The molecular formula is C28H30N4O4S2. The van der Waals surface area contributed by atoms with Gasteiger partial charge in [0.15, 0.2) is 0 Å². The van der Waals surface area contributed by atoms with Gasteiger partial charge in [-0.05, 0) is 55.7 Å². The van der Waals surface area contributed by atoms with E-state index in [0.29, 0.717) is 16.1 Å². The lowest BCUT2D eigenvalue weighted by atomic mass is 10.0. The quantitative estimate of drug-likeness (QED) is 0.493. The molecule has 1 fully saturated rings. The molecule has 2 aliphatic rings. The molecule has 2 atom stereocenters. The lowest BCUT2D eigenvalue weighted by molar-refractivity contribution is -0.0440. The van der Waals surface area contributed by atoms with E-state index in [1.807, 2.05) is 32.0 Å². The zero-order valence-corrected chi connectivity index (χ0v) is 23.0. The highest BCUT2D eigenvalue weighted by Crippen LogP contribution is 2.37. The Bertz CT molecular complexity index is 1450. The summed E-state index contributed by atoms with van der Waals surface area (Å²) in [6.45, 7) is 6.69. The molecule has 0 aliphatic carbocycles. The number of thiophene rings is 1. The highest BCUT2D eigenvalue weighted by molar-refractivity contribution is 7.89. The van der Waals surface area contributed by atoms with Crippen LogP contribution in [0.15, 0.2) is 59.5 Å². The SMILES string of the molecule is C[C@@H]1CN(S(=O)(=O)c2ccc(C(=O)Nc3sc4c(c3C#N)CCN(Cc3ccccc3)C4)cc2)C[C@@H](C)O1. The highest BCUT2D eigenvalue weighted by atomic mass is 32.2. The van der Waals surface area contributed by atoms with Gasteiger partial charge in [-0.2, -0.15) is 9.57 Å². The summed E-state index contributed by atoms with van der Waals surface area (Å²) in [7, 11) is -3.69. The number of anilines is 1. The molecule has 1 aromatic heterocycles. The number of hydrogen-bond donors (Lipinski definition) is 1. The zero-order valence-electron chi connectivity index (χ0n) is 21.4. The number of benzene rings is 2. The molecule has 0 bridgehead atoms. The summed E-state index contributed by atoms with van der Waals surface area (Å²) in [4.78, 5) is 16.6. The van der Waals surface area contributed by atoms with E-state index in [2.05, 4.69) is 28.4 Å². The molecule has 0 unspecified atom stereocenters. The summed E-state index contributed by atoms with van der Waals surface area (Å²) in [6.07, 6.45) is 0.382. The molecule has 0 spiro atoms. The minimum Gasteiger partial charge on any atom is -0.373 e. The van der Waals surface area contributed by atoms with Crippen LogP contribution in [0.2, 0.25) is 0 Å². The van der Waals surface area contributed by atoms with Gasteiger partial charge in [0.25, 0.3) is 5.91 Å². The second kappa shape index (κ2) is 11.0. The summed E-state index contributed by atoms with van der Waals surface area (Å²) in [6, 6.07) is 18.5. The molecule has 2 aliphatic heterocycles. The maximum atomic E-state index is 13.1. The van der Waals surface area contributed by atoms with Gasteiger partial charge in [-0.15, -0.1) is 11.3 Å². The van der Waals surface area contributed by atoms with Crippen LogP contribution in [0.5, 0.6) is 0 Å². The van der Waals surface area contributed by atoms with E-state index in [0.717, 1.165) is 36.5 Å². The number of nitrogens with one attached hydrogen (secondary N) is 1. The van der Waals surface area contributed by atoms with Gasteiger partial charge >= 0.3 is 0 Å². The first-order chi connectivity index (χ1) is 18.2. The summed E-state index contributed by atoms with van der Waals surface area (Å²) in [5.74, 6) is -0.376. The van der Waals surface area contributed by atoms with Crippen molar-refractivity contribution in [3.05, 3.63) is 81.7 Å².